The van der Waals surface area contributed by atoms with Crippen molar-refractivity contribution in [2.24, 2.45) is 5.73 Å². The molecule has 4 nitrogen and oxygen atoms in total. The maximum absolute atomic E-state index is 5.53. The fourth-order valence-electron chi connectivity index (χ4n) is 2.22. The van der Waals surface area contributed by atoms with E-state index in [0.29, 0.717) is 6.54 Å². The maximum Gasteiger partial charge on any atom is 0.104 e. The van der Waals surface area contributed by atoms with Crippen molar-refractivity contribution in [3.05, 3.63) is 42.4 Å². The summed E-state index contributed by atoms with van der Waals surface area (Å²) in [5, 5.41) is 1.25. The lowest BCUT2D eigenvalue weighted by molar-refractivity contribution is 0.708. The summed E-state index contributed by atoms with van der Waals surface area (Å²) in [5.74, 6) is 0. The van der Waals surface area contributed by atoms with Gasteiger partial charge in [0.1, 0.15) is 5.69 Å². The zero-order valence-electron chi connectivity index (χ0n) is 10.4. The van der Waals surface area contributed by atoms with Crippen molar-refractivity contribution < 1.29 is 0 Å². The smallest absolute Gasteiger partial charge is 0.104 e. The van der Waals surface area contributed by atoms with Crippen LogP contribution in [0, 0.1) is 6.92 Å². The molecule has 18 heavy (non-hydrogen) atoms. The summed E-state index contributed by atoms with van der Waals surface area (Å²) in [4.78, 5) is 7.81. The first kappa shape index (κ1) is 11.0. The van der Waals surface area contributed by atoms with E-state index in [1.165, 1.54) is 10.9 Å². The summed E-state index contributed by atoms with van der Waals surface area (Å²) >= 11 is 0. The van der Waals surface area contributed by atoms with Gasteiger partial charge >= 0.3 is 0 Å². The highest BCUT2D eigenvalue weighted by atomic mass is 15.0. The number of nitrogens with zero attached hydrogens (tertiary/aromatic N) is 2. The van der Waals surface area contributed by atoms with E-state index in [2.05, 4.69) is 41.2 Å². The van der Waals surface area contributed by atoms with Gasteiger partial charge in [-0.1, -0.05) is 12.1 Å². The minimum Gasteiger partial charge on any atom is -0.353 e. The normalized spacial score (nSPS) is 11.2. The summed E-state index contributed by atoms with van der Waals surface area (Å²) in [5.41, 5.74) is 9.97. The Kier molecular flexibility index (Phi) is 2.64. The number of H-pyrrole nitrogens is 1. The molecule has 4 heteroatoms. The van der Waals surface area contributed by atoms with Gasteiger partial charge in [0, 0.05) is 30.2 Å². The third-order valence-electron chi connectivity index (χ3n) is 3.18. The lowest BCUT2D eigenvalue weighted by Crippen LogP contribution is -2.07. The first-order valence-electron chi connectivity index (χ1n) is 6.08. The number of fused-ring (bicyclic) bond motifs is 1. The molecule has 0 bridgehead atoms. The molecule has 0 amide bonds. The lowest BCUT2D eigenvalue weighted by atomic mass is 10.1. The molecule has 92 valence electrons. The number of hydrogen-bond donors (Lipinski definition) is 2. The molecule has 0 spiro atoms. The number of benzene rings is 1. The van der Waals surface area contributed by atoms with E-state index in [-0.39, 0.29) is 0 Å². The van der Waals surface area contributed by atoms with Crippen molar-refractivity contribution in [2.45, 2.75) is 13.5 Å². The highest BCUT2D eigenvalue weighted by Crippen LogP contribution is 2.24. The molecule has 3 aromatic rings. The highest BCUT2D eigenvalue weighted by molar-refractivity contribution is 5.87. The summed E-state index contributed by atoms with van der Waals surface area (Å²) in [6.45, 7) is 3.54. The lowest BCUT2D eigenvalue weighted by Gasteiger charge is -1.95. The standard InChI is InChI=1S/C14H16N4/c1-10-3-2-4-12-11(10)7-13(17-12)14-8-18(6-5-15)9-16-14/h2-4,7-9,17H,5-6,15H2,1H3. The van der Waals surface area contributed by atoms with Crippen LogP contribution in [0.25, 0.3) is 22.3 Å². The summed E-state index contributed by atoms with van der Waals surface area (Å²) in [6.07, 6.45) is 3.84. The average molecular weight is 240 g/mol. The molecular formula is C14H16N4. The molecule has 3 rings (SSSR count). The first-order valence-corrected chi connectivity index (χ1v) is 6.08. The number of hydrogen-bond acceptors (Lipinski definition) is 2. The SMILES string of the molecule is Cc1cccc2[nH]c(-c3cn(CCN)cn3)cc12. The molecule has 0 aliphatic heterocycles. The van der Waals surface area contributed by atoms with Gasteiger partial charge < -0.3 is 15.3 Å². The monoisotopic (exact) mass is 240 g/mol. The van der Waals surface area contributed by atoms with E-state index in [4.69, 9.17) is 5.73 Å². The molecule has 0 unspecified atom stereocenters. The number of nitrogens with two attached hydrogens (primary N) is 1. The molecule has 2 heterocycles. The van der Waals surface area contributed by atoms with Gasteiger partial charge in [-0.05, 0) is 24.6 Å². The van der Waals surface area contributed by atoms with Crippen LogP contribution in [0.5, 0.6) is 0 Å². The zero-order valence-corrected chi connectivity index (χ0v) is 10.4. The summed E-state index contributed by atoms with van der Waals surface area (Å²) in [6, 6.07) is 8.42. The van der Waals surface area contributed by atoms with Crippen molar-refractivity contribution in [2.75, 3.05) is 6.54 Å². The van der Waals surface area contributed by atoms with Crippen LogP contribution in [-0.4, -0.2) is 21.1 Å². The number of aromatic nitrogens is 3. The van der Waals surface area contributed by atoms with Crippen LogP contribution in [0.2, 0.25) is 0 Å². The van der Waals surface area contributed by atoms with E-state index in [9.17, 15) is 0 Å². The Balaban J connectivity index is 2.05. The first-order chi connectivity index (χ1) is 8.78. The number of nitrogens with one attached hydrogen (secondary N) is 1. The molecule has 0 radical (unpaired) electrons. The zero-order chi connectivity index (χ0) is 12.5. The van der Waals surface area contributed by atoms with Crippen molar-refractivity contribution >= 4 is 10.9 Å². The molecule has 1 aromatic carbocycles. The molecule has 0 atom stereocenters. The minimum absolute atomic E-state index is 0.627. The molecule has 2 aromatic heterocycles. The highest BCUT2D eigenvalue weighted by Gasteiger charge is 2.07. The second-order valence-corrected chi connectivity index (χ2v) is 4.50. The molecule has 0 saturated heterocycles. The van der Waals surface area contributed by atoms with Gasteiger partial charge in [-0.15, -0.1) is 0 Å². The predicted molar refractivity (Wildman–Crippen MR) is 73.3 cm³/mol. The van der Waals surface area contributed by atoms with E-state index in [1.807, 2.05) is 17.1 Å². The topological polar surface area (TPSA) is 59.6 Å². The van der Waals surface area contributed by atoms with Crippen molar-refractivity contribution in [1.82, 2.24) is 14.5 Å². The molecule has 3 N–H and O–H groups in total. The largest absolute Gasteiger partial charge is 0.353 e. The molecule has 0 aliphatic rings. The number of rotatable bonds is 3. The fraction of sp³-hybridized carbons (Fsp3) is 0.214. The van der Waals surface area contributed by atoms with Gasteiger partial charge in [-0.3, -0.25) is 0 Å². The Morgan fingerprint density at radius 3 is 3.06 bits per heavy atom. The van der Waals surface area contributed by atoms with Crippen LogP contribution in [0.4, 0.5) is 0 Å². The second-order valence-electron chi connectivity index (χ2n) is 4.50. The van der Waals surface area contributed by atoms with E-state index in [1.54, 1.807) is 0 Å². The van der Waals surface area contributed by atoms with Crippen molar-refractivity contribution in [3.63, 3.8) is 0 Å². The maximum atomic E-state index is 5.53. The van der Waals surface area contributed by atoms with E-state index >= 15 is 0 Å². The number of aromatic amines is 1. The van der Waals surface area contributed by atoms with E-state index in [0.717, 1.165) is 23.4 Å². The van der Waals surface area contributed by atoms with Crippen molar-refractivity contribution in [1.29, 1.82) is 0 Å². The van der Waals surface area contributed by atoms with Gasteiger partial charge in [0.15, 0.2) is 0 Å². The molecule has 0 fully saturated rings. The van der Waals surface area contributed by atoms with Crippen LogP contribution in [0.3, 0.4) is 0 Å². The Hall–Kier alpha value is -2.07. The van der Waals surface area contributed by atoms with Crippen LogP contribution < -0.4 is 5.73 Å². The fourth-order valence-corrected chi connectivity index (χ4v) is 2.22. The Bertz CT molecular complexity index is 678. The van der Waals surface area contributed by atoms with Gasteiger partial charge in [0.05, 0.1) is 12.0 Å². The van der Waals surface area contributed by atoms with Gasteiger partial charge in [-0.25, -0.2) is 4.98 Å². The third-order valence-corrected chi connectivity index (χ3v) is 3.18. The van der Waals surface area contributed by atoms with Gasteiger partial charge in [-0.2, -0.15) is 0 Å². The molecular weight excluding hydrogens is 224 g/mol. The number of imidazole rings is 1. The van der Waals surface area contributed by atoms with Gasteiger partial charge in [0.2, 0.25) is 0 Å². The third kappa shape index (κ3) is 1.80. The summed E-state index contributed by atoms with van der Waals surface area (Å²) < 4.78 is 2.01. The van der Waals surface area contributed by atoms with Crippen LogP contribution in [0.1, 0.15) is 5.56 Å². The number of aryl methyl sites for hydroxylation is 1. The predicted octanol–water partition coefficient (Wildman–Crippen LogP) is 2.30. The van der Waals surface area contributed by atoms with Gasteiger partial charge in [0.25, 0.3) is 0 Å². The van der Waals surface area contributed by atoms with Crippen LogP contribution >= 0.6 is 0 Å². The second kappa shape index (κ2) is 4.31. The van der Waals surface area contributed by atoms with E-state index < -0.39 is 0 Å². The molecule has 0 saturated carbocycles. The minimum atomic E-state index is 0.627. The Morgan fingerprint density at radius 2 is 2.28 bits per heavy atom. The summed E-state index contributed by atoms with van der Waals surface area (Å²) in [7, 11) is 0. The quantitative estimate of drug-likeness (QED) is 0.738. The Labute approximate surface area is 105 Å². The molecule has 0 aliphatic carbocycles. The Morgan fingerprint density at radius 1 is 1.39 bits per heavy atom. The average Bonchev–Trinajstić information content (AvgIpc) is 2.96. The van der Waals surface area contributed by atoms with Crippen LogP contribution in [-0.2, 0) is 6.54 Å². The van der Waals surface area contributed by atoms with Crippen LogP contribution in [0.15, 0.2) is 36.8 Å². The van der Waals surface area contributed by atoms with Crippen molar-refractivity contribution in [3.8, 4) is 11.4 Å².